The van der Waals surface area contributed by atoms with Crippen LogP contribution in [0.3, 0.4) is 0 Å². The zero-order chi connectivity index (χ0) is 21.3. The van der Waals surface area contributed by atoms with Gasteiger partial charge in [0.25, 0.3) is 5.91 Å². The second-order valence-electron chi connectivity index (χ2n) is 7.12. The highest BCUT2D eigenvalue weighted by atomic mass is 19.1. The summed E-state index contributed by atoms with van der Waals surface area (Å²) in [4.78, 5) is 17.3. The second kappa shape index (κ2) is 7.99. The Morgan fingerprint density at radius 2 is 1.73 bits per heavy atom. The maximum Gasteiger partial charge on any atom is 0.252 e. The molecule has 2 aromatic carbocycles. The number of amides is 1. The summed E-state index contributed by atoms with van der Waals surface area (Å²) in [6, 6.07) is 15.0. The molecule has 0 aliphatic rings. The molecule has 4 aromatic rings. The van der Waals surface area contributed by atoms with Crippen LogP contribution in [-0.2, 0) is 0 Å². The number of aryl methyl sites for hydroxylation is 2. The second-order valence-corrected chi connectivity index (χ2v) is 7.12. The number of halogens is 1. The monoisotopic (exact) mass is 404 g/mol. The van der Waals surface area contributed by atoms with Gasteiger partial charge < -0.3 is 14.2 Å². The maximum absolute atomic E-state index is 14.1. The molecule has 0 saturated carbocycles. The molecule has 0 aliphatic heterocycles. The topological polar surface area (TPSA) is 68.3 Å². The third-order valence-corrected chi connectivity index (χ3v) is 4.94. The van der Waals surface area contributed by atoms with Gasteiger partial charge in [-0.2, -0.15) is 0 Å². The number of furan rings is 1. The molecular formula is C24H21FN2O3. The molecule has 4 rings (SSSR count). The third kappa shape index (κ3) is 3.76. The van der Waals surface area contributed by atoms with E-state index in [9.17, 15) is 9.18 Å². The van der Waals surface area contributed by atoms with Crippen LogP contribution >= 0.6 is 0 Å². The fraction of sp³-hybridized carbons (Fsp3) is 0.167. The smallest absolute Gasteiger partial charge is 0.252 e. The molecule has 1 amide bonds. The van der Waals surface area contributed by atoms with Crippen molar-refractivity contribution < 1.29 is 18.0 Å². The Balaban J connectivity index is 1.62. The summed E-state index contributed by atoms with van der Waals surface area (Å²) < 4.78 is 25.4. The number of aromatic nitrogens is 1. The average molecular weight is 404 g/mol. The van der Waals surface area contributed by atoms with Gasteiger partial charge in [0.2, 0.25) is 5.89 Å². The van der Waals surface area contributed by atoms with Gasteiger partial charge in [0.15, 0.2) is 5.76 Å². The summed E-state index contributed by atoms with van der Waals surface area (Å²) in [5.74, 6) is 1.46. The molecule has 0 aliphatic carbocycles. The molecule has 1 unspecified atom stereocenters. The minimum Gasteiger partial charge on any atom is -0.466 e. The van der Waals surface area contributed by atoms with E-state index < -0.39 is 5.82 Å². The van der Waals surface area contributed by atoms with E-state index in [2.05, 4.69) is 10.3 Å². The van der Waals surface area contributed by atoms with Gasteiger partial charge in [-0.15, -0.1) is 0 Å². The molecule has 0 saturated heterocycles. The predicted octanol–water partition coefficient (Wildman–Crippen LogP) is 5.85. The van der Waals surface area contributed by atoms with E-state index in [4.69, 9.17) is 8.83 Å². The molecule has 0 spiro atoms. The molecule has 0 radical (unpaired) electrons. The maximum atomic E-state index is 14.1. The van der Waals surface area contributed by atoms with Gasteiger partial charge in [0.1, 0.15) is 17.3 Å². The highest BCUT2D eigenvalue weighted by Crippen LogP contribution is 2.30. The van der Waals surface area contributed by atoms with Crippen molar-refractivity contribution in [2.24, 2.45) is 0 Å². The summed E-state index contributed by atoms with van der Waals surface area (Å²) in [6.45, 7) is 5.64. The van der Waals surface area contributed by atoms with Gasteiger partial charge in [-0.25, -0.2) is 9.37 Å². The third-order valence-electron chi connectivity index (χ3n) is 4.94. The molecule has 5 nitrogen and oxygen atoms in total. The fourth-order valence-corrected chi connectivity index (χ4v) is 3.48. The molecule has 2 heterocycles. The van der Waals surface area contributed by atoms with Crippen LogP contribution in [0.4, 0.5) is 4.39 Å². The summed E-state index contributed by atoms with van der Waals surface area (Å²) in [5, 5.41) is 3.00. The first-order valence-corrected chi connectivity index (χ1v) is 9.62. The van der Waals surface area contributed by atoms with Gasteiger partial charge in [-0.05, 0) is 51.1 Å². The first-order chi connectivity index (χ1) is 14.4. The van der Waals surface area contributed by atoms with E-state index in [-0.39, 0.29) is 17.8 Å². The number of carbonyl (C=O) groups excluding carboxylic acids is 1. The number of rotatable bonds is 5. The lowest BCUT2D eigenvalue weighted by Crippen LogP contribution is -2.27. The Morgan fingerprint density at radius 1 is 1.03 bits per heavy atom. The molecule has 6 heteroatoms. The van der Waals surface area contributed by atoms with E-state index in [0.717, 1.165) is 17.1 Å². The zero-order valence-corrected chi connectivity index (χ0v) is 16.9. The number of oxazole rings is 1. The van der Waals surface area contributed by atoms with Crippen LogP contribution < -0.4 is 5.32 Å². The van der Waals surface area contributed by atoms with Gasteiger partial charge in [0.05, 0.1) is 23.4 Å². The van der Waals surface area contributed by atoms with Gasteiger partial charge in [-0.3, -0.25) is 4.79 Å². The van der Waals surface area contributed by atoms with E-state index in [1.54, 1.807) is 42.5 Å². The zero-order valence-electron chi connectivity index (χ0n) is 16.9. The number of nitrogens with zero attached hydrogens (tertiary/aromatic N) is 1. The summed E-state index contributed by atoms with van der Waals surface area (Å²) in [5.41, 5.74) is 2.20. The SMILES string of the molecule is Cc1cc(C(C)NC(=O)c2ccccc2-c2ncc(-c3ccccc3F)o2)c(C)o1. The van der Waals surface area contributed by atoms with Crippen LogP contribution in [0.15, 0.2) is 69.6 Å². The van der Waals surface area contributed by atoms with Crippen molar-refractivity contribution in [3.05, 3.63) is 89.3 Å². The Morgan fingerprint density at radius 3 is 2.43 bits per heavy atom. The Hall–Kier alpha value is -3.67. The average Bonchev–Trinajstić information content (AvgIpc) is 3.34. The molecule has 1 N–H and O–H groups in total. The number of hydrogen-bond acceptors (Lipinski definition) is 4. The van der Waals surface area contributed by atoms with Crippen LogP contribution in [0, 0.1) is 19.7 Å². The van der Waals surface area contributed by atoms with Crippen LogP contribution in [-0.4, -0.2) is 10.9 Å². The van der Waals surface area contributed by atoms with Crippen molar-refractivity contribution in [2.45, 2.75) is 26.8 Å². The van der Waals surface area contributed by atoms with Crippen LogP contribution in [0.1, 0.15) is 40.4 Å². The lowest BCUT2D eigenvalue weighted by molar-refractivity contribution is 0.0940. The minimum atomic E-state index is -0.397. The molecule has 2 aromatic heterocycles. The van der Waals surface area contributed by atoms with Gasteiger partial charge in [0, 0.05) is 11.1 Å². The highest BCUT2D eigenvalue weighted by Gasteiger charge is 2.21. The van der Waals surface area contributed by atoms with E-state index >= 15 is 0 Å². The minimum absolute atomic E-state index is 0.235. The van der Waals surface area contributed by atoms with Crippen molar-refractivity contribution in [1.29, 1.82) is 0 Å². The summed E-state index contributed by atoms with van der Waals surface area (Å²) >= 11 is 0. The van der Waals surface area contributed by atoms with Crippen molar-refractivity contribution in [3.63, 3.8) is 0 Å². The van der Waals surface area contributed by atoms with E-state index in [1.165, 1.54) is 12.3 Å². The summed E-state index contributed by atoms with van der Waals surface area (Å²) in [7, 11) is 0. The first kappa shape index (κ1) is 19.6. The Kier molecular flexibility index (Phi) is 5.23. The van der Waals surface area contributed by atoms with Crippen molar-refractivity contribution in [3.8, 4) is 22.8 Å². The molecular weight excluding hydrogens is 383 g/mol. The Labute approximate surface area is 173 Å². The fourth-order valence-electron chi connectivity index (χ4n) is 3.48. The molecule has 0 bridgehead atoms. The largest absolute Gasteiger partial charge is 0.466 e. The van der Waals surface area contributed by atoms with Gasteiger partial charge in [-0.1, -0.05) is 24.3 Å². The highest BCUT2D eigenvalue weighted by molar-refractivity contribution is 6.00. The first-order valence-electron chi connectivity index (χ1n) is 9.62. The van der Waals surface area contributed by atoms with Crippen molar-refractivity contribution in [1.82, 2.24) is 10.3 Å². The van der Waals surface area contributed by atoms with Crippen LogP contribution in [0.2, 0.25) is 0 Å². The van der Waals surface area contributed by atoms with Crippen molar-refractivity contribution >= 4 is 5.91 Å². The van der Waals surface area contributed by atoms with Crippen LogP contribution in [0.25, 0.3) is 22.8 Å². The predicted molar refractivity (Wildman–Crippen MR) is 111 cm³/mol. The number of nitrogens with one attached hydrogen (secondary N) is 1. The lowest BCUT2D eigenvalue weighted by Gasteiger charge is -2.14. The van der Waals surface area contributed by atoms with E-state index in [0.29, 0.717) is 22.5 Å². The summed E-state index contributed by atoms with van der Waals surface area (Å²) in [6.07, 6.45) is 1.46. The molecule has 30 heavy (non-hydrogen) atoms. The van der Waals surface area contributed by atoms with Gasteiger partial charge >= 0.3 is 0 Å². The standard InChI is InChI=1S/C24H21FN2O3/c1-14-12-20(16(3)29-14)15(2)27-23(28)17-8-4-5-9-18(17)24-26-13-22(30-24)19-10-6-7-11-21(19)25/h4-13,15H,1-3H3,(H,27,28). The van der Waals surface area contributed by atoms with E-state index in [1.807, 2.05) is 26.8 Å². The van der Waals surface area contributed by atoms with Crippen molar-refractivity contribution in [2.75, 3.05) is 0 Å². The molecule has 0 fully saturated rings. The molecule has 152 valence electrons. The normalized spacial score (nSPS) is 12.0. The molecule has 1 atom stereocenters. The number of benzene rings is 2. The Bertz CT molecular complexity index is 1210. The lowest BCUT2D eigenvalue weighted by atomic mass is 10.0. The number of hydrogen-bond donors (Lipinski definition) is 1. The van der Waals surface area contributed by atoms with Crippen LogP contribution in [0.5, 0.6) is 0 Å². The number of carbonyl (C=O) groups is 1. The quantitative estimate of drug-likeness (QED) is 0.453.